The summed E-state index contributed by atoms with van der Waals surface area (Å²) in [5.74, 6) is -0.759. The number of nitrogens with zero attached hydrogens (tertiary/aromatic N) is 2. The van der Waals surface area contributed by atoms with Crippen LogP contribution in [0.15, 0.2) is 59.7 Å². The van der Waals surface area contributed by atoms with E-state index in [2.05, 4.69) is 28.4 Å². The van der Waals surface area contributed by atoms with E-state index in [0.29, 0.717) is 6.54 Å². The minimum absolute atomic E-state index is 0.127. The van der Waals surface area contributed by atoms with Crippen LogP contribution in [0.25, 0.3) is 6.08 Å². The van der Waals surface area contributed by atoms with Crippen molar-refractivity contribution in [3.63, 3.8) is 0 Å². The highest BCUT2D eigenvalue weighted by atomic mass is 35.5. The Bertz CT molecular complexity index is 1250. The van der Waals surface area contributed by atoms with Crippen molar-refractivity contribution in [3.05, 3.63) is 81.4 Å². The summed E-state index contributed by atoms with van der Waals surface area (Å²) in [5, 5.41) is 3.66. The first-order chi connectivity index (χ1) is 17.0. The largest absolute Gasteiger partial charge is 0.367 e. The summed E-state index contributed by atoms with van der Waals surface area (Å²) in [5.41, 5.74) is 5.79. The molecule has 2 aromatic carbocycles. The molecule has 180 valence electrons. The number of fused-ring (bicyclic) bond motifs is 1. The van der Waals surface area contributed by atoms with Gasteiger partial charge in [0, 0.05) is 30.3 Å². The first-order valence-electron chi connectivity index (χ1n) is 12.2. The van der Waals surface area contributed by atoms with Crippen LogP contribution in [0.5, 0.6) is 0 Å². The Morgan fingerprint density at radius 3 is 2.74 bits per heavy atom. The van der Waals surface area contributed by atoms with Crippen molar-refractivity contribution in [2.45, 2.75) is 45.1 Å². The van der Waals surface area contributed by atoms with E-state index in [0.717, 1.165) is 60.6 Å². The highest BCUT2D eigenvalue weighted by Gasteiger charge is 2.33. The molecule has 0 aromatic heterocycles. The molecule has 2 aromatic rings. The molecule has 35 heavy (non-hydrogen) atoms. The number of allylic oxidation sites excluding steroid dienone is 1. The summed E-state index contributed by atoms with van der Waals surface area (Å²) in [6, 6.07) is 14.0. The molecule has 0 atom stereocenters. The lowest BCUT2D eigenvalue weighted by molar-refractivity contribution is -0.128. The van der Waals surface area contributed by atoms with E-state index in [1.807, 2.05) is 30.3 Å². The first-order valence-corrected chi connectivity index (χ1v) is 13.0. The molecule has 1 saturated heterocycles. The molecule has 0 unspecified atom stereocenters. The average Bonchev–Trinajstić information content (AvgIpc) is 3.25. The number of nitrogens with one attached hydrogen (secondary N) is 1. The molecule has 5 rings (SSSR count). The molecular formula is C28H28ClN3O2S. The van der Waals surface area contributed by atoms with Crippen molar-refractivity contribution in [2.24, 2.45) is 0 Å². The summed E-state index contributed by atoms with van der Waals surface area (Å²) in [7, 11) is 0. The molecule has 1 aliphatic carbocycles. The van der Waals surface area contributed by atoms with Gasteiger partial charge in [0.25, 0.3) is 11.8 Å². The monoisotopic (exact) mass is 505 g/mol. The number of carbonyl (C=O) groups excluding carboxylic acids is 2. The van der Waals surface area contributed by atoms with Crippen molar-refractivity contribution in [1.82, 2.24) is 10.2 Å². The maximum atomic E-state index is 13.2. The Morgan fingerprint density at radius 1 is 1.09 bits per heavy atom. The van der Waals surface area contributed by atoms with Crippen molar-refractivity contribution in [3.8, 4) is 0 Å². The van der Waals surface area contributed by atoms with Crippen LogP contribution >= 0.6 is 23.8 Å². The van der Waals surface area contributed by atoms with Gasteiger partial charge in [-0.2, -0.15) is 0 Å². The molecule has 1 fully saturated rings. The third-order valence-corrected chi connectivity index (χ3v) is 7.64. The number of hydrogen-bond acceptors (Lipinski definition) is 4. The molecule has 2 amide bonds. The maximum absolute atomic E-state index is 13.2. The minimum atomic E-state index is -0.436. The molecule has 5 nitrogen and oxygen atoms in total. The fraction of sp³-hybridized carbons (Fsp3) is 0.321. The fourth-order valence-electron chi connectivity index (χ4n) is 5.03. The predicted octanol–water partition coefficient (Wildman–Crippen LogP) is 5.42. The van der Waals surface area contributed by atoms with Gasteiger partial charge in [0.2, 0.25) is 0 Å². The predicted molar refractivity (Wildman–Crippen MR) is 144 cm³/mol. The van der Waals surface area contributed by atoms with Gasteiger partial charge in [-0.05, 0) is 91.7 Å². The third-order valence-electron chi connectivity index (χ3n) is 6.95. The van der Waals surface area contributed by atoms with E-state index in [1.165, 1.54) is 28.9 Å². The van der Waals surface area contributed by atoms with Crippen LogP contribution in [-0.2, 0) is 22.6 Å². The molecule has 3 aliphatic rings. The van der Waals surface area contributed by atoms with E-state index in [1.54, 1.807) is 6.08 Å². The van der Waals surface area contributed by atoms with Gasteiger partial charge in [-0.15, -0.1) is 0 Å². The normalized spacial score (nSPS) is 19.2. The van der Waals surface area contributed by atoms with Gasteiger partial charge in [0.15, 0.2) is 5.11 Å². The van der Waals surface area contributed by atoms with Crippen LogP contribution in [0.4, 0.5) is 5.69 Å². The summed E-state index contributed by atoms with van der Waals surface area (Å²) < 4.78 is 0. The molecule has 0 radical (unpaired) electrons. The first kappa shape index (κ1) is 23.8. The Kier molecular flexibility index (Phi) is 7.02. The molecule has 0 saturated carbocycles. The number of thiocarbonyl (C=S) groups is 1. The van der Waals surface area contributed by atoms with E-state index < -0.39 is 5.91 Å². The highest BCUT2D eigenvalue weighted by Crippen LogP contribution is 2.32. The number of amides is 2. The van der Waals surface area contributed by atoms with E-state index in [4.69, 9.17) is 23.8 Å². The summed E-state index contributed by atoms with van der Waals surface area (Å²) in [6.07, 6.45) is 10.2. The molecule has 7 heteroatoms. The third kappa shape index (κ3) is 5.19. The van der Waals surface area contributed by atoms with Crippen LogP contribution < -0.4 is 10.2 Å². The highest BCUT2D eigenvalue weighted by molar-refractivity contribution is 7.80. The smallest absolute Gasteiger partial charge is 0.265 e. The van der Waals surface area contributed by atoms with E-state index in [-0.39, 0.29) is 16.6 Å². The Hall–Kier alpha value is -2.96. The quantitative estimate of drug-likeness (QED) is 0.246. The van der Waals surface area contributed by atoms with E-state index in [9.17, 15) is 9.59 Å². The lowest BCUT2D eigenvalue weighted by Crippen LogP contribution is -2.54. The SMILES string of the molecule is O=C1NC(=S)N(CCC2=CCCCC2)C(=O)C1=Cc1ccc2c(c1)CCN2Cc1ccccc1Cl. The van der Waals surface area contributed by atoms with Gasteiger partial charge >= 0.3 is 0 Å². The molecular weight excluding hydrogens is 478 g/mol. The Morgan fingerprint density at radius 2 is 1.94 bits per heavy atom. The fourth-order valence-corrected chi connectivity index (χ4v) is 5.49. The van der Waals surface area contributed by atoms with Crippen LogP contribution in [0, 0.1) is 0 Å². The van der Waals surface area contributed by atoms with E-state index >= 15 is 0 Å². The number of rotatable bonds is 6. The number of hydrogen-bond donors (Lipinski definition) is 1. The Labute approximate surface area is 216 Å². The van der Waals surface area contributed by atoms with Gasteiger partial charge in [-0.3, -0.25) is 19.8 Å². The molecule has 2 heterocycles. The van der Waals surface area contributed by atoms with Gasteiger partial charge in [0.1, 0.15) is 5.57 Å². The standard InChI is InChI=1S/C28H28ClN3O2S/c29-24-9-5-4-8-22(24)18-31-14-13-21-16-20(10-11-25(21)31)17-23-26(33)30-28(35)32(27(23)34)15-12-19-6-2-1-3-7-19/h4-6,8-11,16-17H,1-3,7,12-15,18H2,(H,30,33,35). The maximum Gasteiger partial charge on any atom is 0.265 e. The summed E-state index contributed by atoms with van der Waals surface area (Å²) in [6.45, 7) is 2.14. The second kappa shape index (κ2) is 10.3. The van der Waals surface area contributed by atoms with Crippen molar-refractivity contribution in [1.29, 1.82) is 0 Å². The topological polar surface area (TPSA) is 52.7 Å². The van der Waals surface area contributed by atoms with Gasteiger partial charge in [-0.1, -0.05) is 47.5 Å². The number of benzene rings is 2. The molecule has 0 bridgehead atoms. The second-order valence-electron chi connectivity index (χ2n) is 9.28. The molecule has 0 spiro atoms. The van der Waals surface area contributed by atoms with Crippen LogP contribution in [0.3, 0.4) is 0 Å². The number of halogens is 1. The zero-order valence-electron chi connectivity index (χ0n) is 19.6. The van der Waals surface area contributed by atoms with Crippen LogP contribution in [0.1, 0.15) is 48.8 Å². The van der Waals surface area contributed by atoms with Gasteiger partial charge in [-0.25, -0.2) is 0 Å². The zero-order valence-corrected chi connectivity index (χ0v) is 21.1. The lowest BCUT2D eigenvalue weighted by atomic mass is 9.97. The van der Waals surface area contributed by atoms with Crippen LogP contribution in [0.2, 0.25) is 5.02 Å². The number of carbonyl (C=O) groups is 2. The van der Waals surface area contributed by atoms with Crippen molar-refractivity contribution in [2.75, 3.05) is 18.0 Å². The average molecular weight is 506 g/mol. The lowest BCUT2D eigenvalue weighted by Gasteiger charge is -2.29. The minimum Gasteiger partial charge on any atom is -0.367 e. The molecule has 2 aliphatic heterocycles. The molecule has 1 N–H and O–H groups in total. The summed E-state index contributed by atoms with van der Waals surface area (Å²) >= 11 is 11.7. The number of anilines is 1. The second-order valence-corrected chi connectivity index (χ2v) is 10.1. The van der Waals surface area contributed by atoms with Crippen molar-refractivity contribution >= 4 is 52.5 Å². The Balaban J connectivity index is 1.32. The zero-order chi connectivity index (χ0) is 24.4. The van der Waals surface area contributed by atoms with Gasteiger partial charge < -0.3 is 4.90 Å². The summed E-state index contributed by atoms with van der Waals surface area (Å²) in [4.78, 5) is 29.7. The van der Waals surface area contributed by atoms with Crippen LogP contribution in [-0.4, -0.2) is 34.9 Å². The van der Waals surface area contributed by atoms with Crippen molar-refractivity contribution < 1.29 is 9.59 Å². The van der Waals surface area contributed by atoms with Gasteiger partial charge in [0.05, 0.1) is 0 Å².